The third-order valence-corrected chi connectivity index (χ3v) is 5.02. The Morgan fingerprint density at radius 1 is 1.07 bits per heavy atom. The molecule has 1 N–H and O–H groups in total. The maximum atomic E-state index is 12.5. The summed E-state index contributed by atoms with van der Waals surface area (Å²) in [5.41, 5.74) is 4.70. The normalized spacial score (nSPS) is 11.1. The van der Waals surface area contributed by atoms with Crippen LogP contribution in [0, 0.1) is 25.2 Å². The highest BCUT2D eigenvalue weighted by atomic mass is 35.5. The van der Waals surface area contributed by atoms with E-state index >= 15 is 0 Å². The summed E-state index contributed by atoms with van der Waals surface area (Å²) in [6.07, 6.45) is 1.58. The van der Waals surface area contributed by atoms with Crippen LogP contribution in [-0.4, -0.2) is 16.3 Å². The smallest absolute Gasteiger partial charge is 0.266 e. The summed E-state index contributed by atoms with van der Waals surface area (Å²) in [6.45, 7) is 5.40. The van der Waals surface area contributed by atoms with Gasteiger partial charge in [0.05, 0.1) is 0 Å². The van der Waals surface area contributed by atoms with Crippen molar-refractivity contribution in [2.45, 2.75) is 20.8 Å². The number of rotatable bonds is 5. The second kappa shape index (κ2) is 8.81. The molecule has 0 aliphatic heterocycles. The quantitative estimate of drug-likeness (QED) is 0.338. The first-order valence-electron chi connectivity index (χ1n) is 9.29. The van der Waals surface area contributed by atoms with Gasteiger partial charge in [-0.3, -0.25) is 9.59 Å². The lowest BCUT2D eigenvalue weighted by molar-refractivity contribution is -0.112. The largest absolute Gasteiger partial charge is 0.321 e. The number of carbonyl (C=O) groups excluding carboxylic acids is 2. The van der Waals surface area contributed by atoms with Gasteiger partial charge in [0.25, 0.3) is 5.91 Å². The molecule has 1 heterocycles. The lowest BCUT2D eigenvalue weighted by Crippen LogP contribution is -2.13. The molecule has 1 aromatic heterocycles. The van der Waals surface area contributed by atoms with Crippen LogP contribution in [0.2, 0.25) is 5.02 Å². The lowest BCUT2D eigenvalue weighted by atomic mass is 10.1. The lowest BCUT2D eigenvalue weighted by Gasteiger charge is -2.10. The van der Waals surface area contributed by atoms with Gasteiger partial charge in [0.2, 0.25) is 0 Å². The van der Waals surface area contributed by atoms with Crippen molar-refractivity contribution in [2.75, 3.05) is 5.32 Å². The minimum Gasteiger partial charge on any atom is -0.321 e. The predicted molar refractivity (Wildman–Crippen MR) is 119 cm³/mol. The van der Waals surface area contributed by atoms with E-state index in [9.17, 15) is 14.9 Å². The van der Waals surface area contributed by atoms with E-state index in [2.05, 4.69) is 5.32 Å². The summed E-state index contributed by atoms with van der Waals surface area (Å²) in [5.74, 6) is -0.480. The fraction of sp³-hybridized carbons (Fsp3) is 0.125. The van der Waals surface area contributed by atoms with Crippen molar-refractivity contribution in [3.05, 3.63) is 87.7 Å². The Bertz CT molecular complexity index is 1180. The minimum absolute atomic E-state index is 0.00266. The molecule has 1 amide bonds. The Balaban J connectivity index is 1.91. The maximum absolute atomic E-state index is 12.5. The number of hydrogen-bond acceptors (Lipinski definition) is 3. The average Bonchev–Trinajstić information content (AvgIpc) is 3.00. The number of amides is 1. The third-order valence-electron chi connectivity index (χ3n) is 4.77. The molecule has 0 bridgehead atoms. The summed E-state index contributed by atoms with van der Waals surface area (Å²) in [7, 11) is 0. The molecular formula is C24H20ClN3O2. The molecule has 0 atom stereocenters. The number of nitrogens with one attached hydrogen (secondary N) is 1. The summed E-state index contributed by atoms with van der Waals surface area (Å²) in [4.78, 5) is 24.0. The first kappa shape index (κ1) is 21.1. The van der Waals surface area contributed by atoms with E-state index in [1.807, 2.05) is 42.7 Å². The number of anilines is 1. The van der Waals surface area contributed by atoms with Crippen molar-refractivity contribution < 1.29 is 9.59 Å². The molecule has 0 spiro atoms. The average molecular weight is 418 g/mol. The van der Waals surface area contributed by atoms with Crippen LogP contribution in [0.1, 0.15) is 34.2 Å². The van der Waals surface area contributed by atoms with Gasteiger partial charge < -0.3 is 9.88 Å². The van der Waals surface area contributed by atoms with Gasteiger partial charge in [-0.2, -0.15) is 5.26 Å². The number of halogens is 1. The number of carbonyl (C=O) groups is 2. The van der Waals surface area contributed by atoms with Crippen molar-refractivity contribution in [3.63, 3.8) is 0 Å². The topological polar surface area (TPSA) is 74.9 Å². The van der Waals surface area contributed by atoms with Gasteiger partial charge in [-0.1, -0.05) is 11.6 Å². The van der Waals surface area contributed by atoms with Gasteiger partial charge in [-0.05, 0) is 87.0 Å². The van der Waals surface area contributed by atoms with Crippen molar-refractivity contribution in [1.29, 1.82) is 5.26 Å². The Labute approximate surface area is 180 Å². The Hall–Kier alpha value is -3.62. The zero-order chi connectivity index (χ0) is 21.8. The fourth-order valence-electron chi connectivity index (χ4n) is 3.21. The maximum Gasteiger partial charge on any atom is 0.266 e. The first-order valence-corrected chi connectivity index (χ1v) is 9.67. The van der Waals surface area contributed by atoms with Crippen LogP contribution < -0.4 is 5.32 Å². The zero-order valence-corrected chi connectivity index (χ0v) is 17.6. The van der Waals surface area contributed by atoms with E-state index in [1.165, 1.54) is 6.92 Å². The van der Waals surface area contributed by atoms with Crippen LogP contribution in [0.15, 0.2) is 60.2 Å². The van der Waals surface area contributed by atoms with Crippen molar-refractivity contribution in [3.8, 4) is 11.8 Å². The van der Waals surface area contributed by atoms with E-state index in [1.54, 1.807) is 42.5 Å². The molecule has 150 valence electrons. The highest BCUT2D eigenvalue weighted by Gasteiger charge is 2.14. The van der Waals surface area contributed by atoms with Crippen molar-refractivity contribution in [2.24, 2.45) is 0 Å². The highest BCUT2D eigenvalue weighted by molar-refractivity contribution is 6.30. The van der Waals surface area contributed by atoms with E-state index in [-0.39, 0.29) is 11.4 Å². The monoisotopic (exact) mass is 417 g/mol. The molecular weight excluding hydrogens is 398 g/mol. The van der Waals surface area contributed by atoms with Gasteiger partial charge in [0.1, 0.15) is 11.6 Å². The molecule has 6 heteroatoms. The van der Waals surface area contributed by atoms with Crippen LogP contribution in [0.4, 0.5) is 5.69 Å². The van der Waals surface area contributed by atoms with Crippen LogP contribution in [0.3, 0.4) is 0 Å². The van der Waals surface area contributed by atoms with Gasteiger partial charge in [0, 0.05) is 33.3 Å². The highest BCUT2D eigenvalue weighted by Crippen LogP contribution is 2.24. The van der Waals surface area contributed by atoms with Crippen molar-refractivity contribution >= 4 is 35.1 Å². The van der Waals surface area contributed by atoms with E-state index in [0.29, 0.717) is 16.3 Å². The SMILES string of the molecule is CC(=O)c1ccc(-n2c(C)cc(/C=C(/C#N)C(=O)Nc3ccc(Cl)cc3)c2C)cc1. The molecule has 0 unspecified atom stereocenters. The summed E-state index contributed by atoms with van der Waals surface area (Å²) in [6, 6.07) is 17.9. The number of aryl methyl sites for hydroxylation is 1. The minimum atomic E-state index is -0.490. The van der Waals surface area contributed by atoms with Gasteiger partial charge in [0.15, 0.2) is 5.78 Å². The Morgan fingerprint density at radius 2 is 1.70 bits per heavy atom. The first-order chi connectivity index (χ1) is 14.3. The second-order valence-electron chi connectivity index (χ2n) is 6.90. The molecule has 2 aromatic carbocycles. The third kappa shape index (κ3) is 4.51. The molecule has 0 fully saturated rings. The van der Waals surface area contributed by atoms with Crippen LogP contribution >= 0.6 is 11.6 Å². The second-order valence-corrected chi connectivity index (χ2v) is 7.33. The summed E-state index contributed by atoms with van der Waals surface area (Å²) in [5, 5.41) is 12.8. The molecule has 3 rings (SSSR count). The van der Waals surface area contributed by atoms with Gasteiger partial charge >= 0.3 is 0 Å². The fourth-order valence-corrected chi connectivity index (χ4v) is 3.34. The predicted octanol–water partition coefficient (Wildman–Crippen LogP) is 5.50. The van der Waals surface area contributed by atoms with E-state index in [4.69, 9.17) is 11.6 Å². The number of hydrogen-bond donors (Lipinski definition) is 1. The number of Topliss-reactive ketones (excluding diaryl/α,β-unsaturated/α-hetero) is 1. The molecule has 5 nitrogen and oxygen atoms in total. The number of aromatic nitrogens is 1. The molecule has 0 aliphatic carbocycles. The molecule has 0 saturated carbocycles. The number of nitriles is 1. The number of ketones is 1. The molecule has 0 saturated heterocycles. The summed E-state index contributed by atoms with van der Waals surface area (Å²) < 4.78 is 2.02. The van der Waals surface area contributed by atoms with Gasteiger partial charge in [-0.15, -0.1) is 0 Å². The van der Waals surface area contributed by atoms with E-state index < -0.39 is 5.91 Å². The van der Waals surface area contributed by atoms with Crippen molar-refractivity contribution in [1.82, 2.24) is 4.57 Å². The molecule has 3 aromatic rings. The zero-order valence-electron chi connectivity index (χ0n) is 16.9. The van der Waals surface area contributed by atoms with Crippen LogP contribution in [0.5, 0.6) is 0 Å². The summed E-state index contributed by atoms with van der Waals surface area (Å²) >= 11 is 5.86. The molecule has 0 aliphatic rings. The molecule has 0 radical (unpaired) electrons. The van der Waals surface area contributed by atoms with Gasteiger partial charge in [-0.25, -0.2) is 0 Å². The standard InChI is InChI=1S/C24H20ClN3O2/c1-15-12-19(16(2)28(15)23-10-4-18(5-11-23)17(3)29)13-20(14-26)24(30)27-22-8-6-21(25)7-9-22/h4-13H,1-3H3,(H,27,30)/b20-13-. The van der Waals surface area contributed by atoms with E-state index in [0.717, 1.165) is 22.6 Å². The number of nitrogens with zero attached hydrogens (tertiary/aromatic N) is 2. The molecule has 30 heavy (non-hydrogen) atoms. The van der Waals surface area contributed by atoms with Crippen LogP contribution in [0.25, 0.3) is 11.8 Å². The Morgan fingerprint density at radius 3 is 2.27 bits per heavy atom. The van der Waals surface area contributed by atoms with Crippen LogP contribution in [-0.2, 0) is 4.79 Å². The number of benzene rings is 2. The Kier molecular flexibility index (Phi) is 6.20.